The molecule has 0 bridgehead atoms. The lowest BCUT2D eigenvalue weighted by molar-refractivity contribution is 0.269. The lowest BCUT2D eigenvalue weighted by Gasteiger charge is -2.23. The molecule has 0 aliphatic carbocycles. The van der Waals surface area contributed by atoms with Crippen molar-refractivity contribution in [3.8, 4) is 33.8 Å². The lowest BCUT2D eigenvalue weighted by Crippen LogP contribution is -2.38. The Balaban J connectivity index is 1.40. The Bertz CT molecular complexity index is 1860. The molecule has 2 aliphatic rings. The van der Waals surface area contributed by atoms with Crippen LogP contribution in [0.25, 0.3) is 22.3 Å². The fourth-order valence-electron chi connectivity index (χ4n) is 4.88. The maximum absolute atomic E-state index is 12.0. The Labute approximate surface area is 237 Å². The zero-order valence-electron chi connectivity index (χ0n) is 21.4. The summed E-state index contributed by atoms with van der Waals surface area (Å²) in [7, 11) is -9.01. The Kier molecular flexibility index (Phi) is 6.70. The van der Waals surface area contributed by atoms with Gasteiger partial charge in [0.05, 0.1) is 11.4 Å². The van der Waals surface area contributed by atoms with E-state index in [-0.39, 0.29) is 5.88 Å². The molecule has 1 unspecified atom stereocenters. The number of hydrogen-bond acceptors (Lipinski definition) is 8. The molecule has 41 heavy (non-hydrogen) atoms. The van der Waals surface area contributed by atoms with E-state index < -0.39 is 38.2 Å². The molecule has 12 heteroatoms. The Morgan fingerprint density at radius 3 is 1.76 bits per heavy atom. The summed E-state index contributed by atoms with van der Waals surface area (Å²) in [5.41, 5.74) is 4.18. The summed E-state index contributed by atoms with van der Waals surface area (Å²) < 4.78 is 79.6. The largest absolute Gasteiger partial charge is 0.464 e. The number of benzene rings is 4. The van der Waals surface area contributed by atoms with Crippen molar-refractivity contribution in [3.05, 3.63) is 109 Å². The highest BCUT2D eigenvalue weighted by Gasteiger charge is 2.37. The van der Waals surface area contributed by atoms with Crippen LogP contribution in [0.15, 0.2) is 109 Å². The van der Waals surface area contributed by atoms with E-state index in [9.17, 15) is 25.9 Å². The van der Waals surface area contributed by atoms with E-state index in [1.165, 1.54) is 15.9 Å². The van der Waals surface area contributed by atoms with Gasteiger partial charge < -0.3 is 14.4 Å². The minimum absolute atomic E-state index is 0.00395. The Hall–Kier alpha value is -4.36. The van der Waals surface area contributed by atoms with E-state index in [2.05, 4.69) is 0 Å². The normalized spacial score (nSPS) is 17.2. The molecule has 4 aromatic carbocycles. The molecule has 2 heterocycles. The van der Waals surface area contributed by atoms with Crippen LogP contribution in [0.3, 0.4) is 0 Å². The predicted octanol–water partition coefficient (Wildman–Crippen LogP) is 4.98. The van der Waals surface area contributed by atoms with E-state index >= 15 is 0 Å². The van der Waals surface area contributed by atoms with Crippen molar-refractivity contribution in [2.24, 2.45) is 0 Å². The molecule has 6 rings (SSSR count). The lowest BCUT2D eigenvalue weighted by atomic mass is 10.0. The van der Waals surface area contributed by atoms with Crippen LogP contribution in [0.1, 0.15) is 0 Å². The zero-order chi connectivity index (χ0) is 28.8. The second-order valence-corrected chi connectivity index (χ2v) is 12.4. The van der Waals surface area contributed by atoms with Gasteiger partial charge in [-0.05, 0) is 46.5 Å². The van der Waals surface area contributed by atoms with Gasteiger partial charge in [0, 0.05) is 6.08 Å². The average Bonchev–Trinajstić information content (AvgIpc) is 3.44. The fraction of sp³-hybridized carbons (Fsp3) is 0.103. The van der Waals surface area contributed by atoms with Gasteiger partial charge in [0.2, 0.25) is 5.88 Å². The summed E-state index contributed by atoms with van der Waals surface area (Å²) in [6, 6.07) is 29.4. The molecule has 210 valence electrons. The van der Waals surface area contributed by atoms with Crippen molar-refractivity contribution in [2.75, 3.05) is 21.6 Å². The molecule has 0 spiro atoms. The van der Waals surface area contributed by atoms with E-state index in [1.807, 2.05) is 72.8 Å². The van der Waals surface area contributed by atoms with Crippen LogP contribution in [-0.2, 0) is 20.2 Å². The van der Waals surface area contributed by atoms with Gasteiger partial charge in [-0.15, -0.1) is 0 Å². The summed E-state index contributed by atoms with van der Waals surface area (Å²) in [5, 5.41) is 0. The molecule has 0 fully saturated rings. The maximum Gasteiger partial charge on any atom is 0.283 e. The summed E-state index contributed by atoms with van der Waals surface area (Å²) in [4.78, 5) is 2.60. The first-order valence-electron chi connectivity index (χ1n) is 12.4. The van der Waals surface area contributed by atoms with Gasteiger partial charge in [-0.3, -0.25) is 14.0 Å². The third-order valence-corrected chi connectivity index (χ3v) is 7.84. The molecule has 2 N–H and O–H groups in total. The second kappa shape index (κ2) is 10.2. The number of rotatable bonds is 7. The van der Waals surface area contributed by atoms with Crippen molar-refractivity contribution in [1.29, 1.82) is 0 Å². The highest BCUT2D eigenvalue weighted by Crippen LogP contribution is 2.44. The first-order chi connectivity index (χ1) is 19.5. The number of anilines is 2. The third-order valence-electron chi connectivity index (χ3n) is 6.65. The SMILES string of the molecule is O=S(=O)(O)CN1C(=CC2Oc3ccc(-c4ccccc4)cc3N2CS(=O)(=O)O)Oc2ccc(-c3ccccc3)cc21. The maximum atomic E-state index is 12.0. The quantitative estimate of drug-likeness (QED) is 0.283. The van der Waals surface area contributed by atoms with Gasteiger partial charge in [0.25, 0.3) is 20.2 Å². The Morgan fingerprint density at radius 2 is 1.20 bits per heavy atom. The topological polar surface area (TPSA) is 134 Å². The van der Waals surface area contributed by atoms with Gasteiger partial charge in [-0.1, -0.05) is 72.8 Å². The fourth-order valence-corrected chi connectivity index (χ4v) is 6.11. The minimum atomic E-state index is -4.51. The molecular formula is C29H24N2O8S2. The minimum Gasteiger partial charge on any atom is -0.464 e. The van der Waals surface area contributed by atoms with Crippen LogP contribution in [0.4, 0.5) is 11.4 Å². The van der Waals surface area contributed by atoms with E-state index in [0.29, 0.717) is 22.9 Å². The first-order valence-corrected chi connectivity index (χ1v) is 15.7. The molecule has 0 saturated carbocycles. The van der Waals surface area contributed by atoms with Crippen molar-refractivity contribution < 1.29 is 35.4 Å². The summed E-state index contributed by atoms with van der Waals surface area (Å²) in [6.45, 7) is 0. The van der Waals surface area contributed by atoms with Gasteiger partial charge in [0.1, 0.15) is 11.6 Å². The standard InChI is InChI=1S/C29H24N2O8S2/c32-40(33,34)18-30-24-15-22(20-7-3-1-4-8-20)11-13-26(24)38-28(30)17-29-31(19-41(35,36)37)25-16-23(12-14-27(25)39-29)21-9-5-2-6-10-21/h1-17,28H,18-19H2,(H,32,33,34)(H,35,36,37). The monoisotopic (exact) mass is 592 g/mol. The molecular weight excluding hydrogens is 568 g/mol. The molecule has 4 aromatic rings. The smallest absolute Gasteiger partial charge is 0.283 e. The van der Waals surface area contributed by atoms with Crippen LogP contribution in [0.2, 0.25) is 0 Å². The molecule has 0 aromatic heterocycles. The second-order valence-electron chi connectivity index (χ2n) is 9.53. The molecule has 0 amide bonds. The molecule has 0 saturated heterocycles. The number of nitrogens with zero attached hydrogens (tertiary/aromatic N) is 2. The highest BCUT2D eigenvalue weighted by atomic mass is 32.2. The van der Waals surface area contributed by atoms with Crippen LogP contribution in [-0.4, -0.2) is 43.9 Å². The van der Waals surface area contributed by atoms with Crippen molar-refractivity contribution in [2.45, 2.75) is 6.23 Å². The third kappa shape index (κ3) is 5.77. The number of fused-ring (bicyclic) bond motifs is 2. The highest BCUT2D eigenvalue weighted by molar-refractivity contribution is 7.86. The Morgan fingerprint density at radius 1 is 0.659 bits per heavy atom. The van der Waals surface area contributed by atoms with Crippen LogP contribution in [0, 0.1) is 0 Å². The summed E-state index contributed by atoms with van der Waals surface area (Å²) >= 11 is 0. The van der Waals surface area contributed by atoms with Crippen LogP contribution < -0.4 is 19.3 Å². The average molecular weight is 593 g/mol. The molecule has 2 aliphatic heterocycles. The zero-order valence-corrected chi connectivity index (χ0v) is 23.0. The molecule has 10 nitrogen and oxygen atoms in total. The van der Waals surface area contributed by atoms with Crippen LogP contribution in [0.5, 0.6) is 11.5 Å². The van der Waals surface area contributed by atoms with E-state index in [0.717, 1.165) is 22.3 Å². The van der Waals surface area contributed by atoms with Crippen molar-refractivity contribution >= 4 is 31.6 Å². The van der Waals surface area contributed by atoms with Crippen molar-refractivity contribution in [3.63, 3.8) is 0 Å². The van der Waals surface area contributed by atoms with Crippen molar-refractivity contribution in [1.82, 2.24) is 0 Å². The number of hydrogen-bond donors (Lipinski definition) is 2. The predicted molar refractivity (Wildman–Crippen MR) is 155 cm³/mol. The van der Waals surface area contributed by atoms with Crippen LogP contribution >= 0.6 is 0 Å². The van der Waals surface area contributed by atoms with Gasteiger partial charge in [-0.25, -0.2) is 0 Å². The van der Waals surface area contributed by atoms with E-state index in [4.69, 9.17) is 9.47 Å². The van der Waals surface area contributed by atoms with Gasteiger partial charge >= 0.3 is 0 Å². The summed E-state index contributed by atoms with van der Waals surface area (Å²) in [6.07, 6.45) is 0.306. The number of ether oxygens (including phenoxy) is 2. The van der Waals surface area contributed by atoms with Gasteiger partial charge in [0.15, 0.2) is 17.9 Å². The molecule has 0 radical (unpaired) electrons. The van der Waals surface area contributed by atoms with Gasteiger partial charge in [-0.2, -0.15) is 16.8 Å². The molecule has 1 atom stereocenters. The van der Waals surface area contributed by atoms with E-state index in [1.54, 1.807) is 24.3 Å². The first kappa shape index (κ1) is 26.8. The summed E-state index contributed by atoms with van der Waals surface area (Å²) in [5.74, 6) is -0.915.